The summed E-state index contributed by atoms with van der Waals surface area (Å²) in [5.41, 5.74) is 2.89. The molecule has 4 aromatic rings. The van der Waals surface area contributed by atoms with E-state index in [-0.39, 0.29) is 17.6 Å². The first-order valence-electron chi connectivity index (χ1n) is 9.12. The van der Waals surface area contributed by atoms with Gasteiger partial charge in [-0.1, -0.05) is 35.9 Å². The van der Waals surface area contributed by atoms with Gasteiger partial charge in [0.05, 0.1) is 4.88 Å². The minimum atomic E-state index is -0.388. The van der Waals surface area contributed by atoms with Crippen LogP contribution in [0.4, 0.5) is 11.4 Å². The van der Waals surface area contributed by atoms with E-state index in [1.807, 2.05) is 30.5 Å². The summed E-state index contributed by atoms with van der Waals surface area (Å²) in [6, 6.07) is 19.4. The Bertz CT molecular complexity index is 1210. The van der Waals surface area contributed by atoms with E-state index in [0.29, 0.717) is 27.0 Å². The third-order valence-electron chi connectivity index (χ3n) is 4.41. The molecule has 0 atom stereocenters. The Morgan fingerprint density at radius 1 is 0.900 bits per heavy atom. The summed E-state index contributed by atoms with van der Waals surface area (Å²) in [5, 5.41) is 8.08. The second kappa shape index (κ2) is 8.57. The first kappa shape index (κ1) is 19.9. The molecule has 2 N–H and O–H groups in total. The zero-order chi connectivity index (χ0) is 21.1. The molecular weight excluding hydrogens is 420 g/mol. The van der Waals surface area contributed by atoms with Crippen LogP contribution in [0.25, 0.3) is 11.3 Å². The van der Waals surface area contributed by atoms with E-state index in [0.717, 1.165) is 11.1 Å². The maximum atomic E-state index is 12.6. The Labute approximate surface area is 182 Å². The monoisotopic (exact) mass is 436 g/mol. The molecule has 2 amide bonds. The summed E-state index contributed by atoms with van der Waals surface area (Å²) in [6.07, 6.45) is 0. The summed E-state index contributed by atoms with van der Waals surface area (Å²) < 4.78 is 5.70. The van der Waals surface area contributed by atoms with Crippen molar-refractivity contribution >= 4 is 46.1 Å². The molecule has 30 heavy (non-hydrogen) atoms. The zero-order valence-electron chi connectivity index (χ0n) is 15.9. The lowest BCUT2D eigenvalue weighted by atomic mass is 10.1. The maximum absolute atomic E-state index is 12.6. The molecular formula is C23H17ClN2O3S. The molecule has 5 nitrogen and oxygen atoms in total. The van der Waals surface area contributed by atoms with Crippen molar-refractivity contribution in [3.63, 3.8) is 0 Å². The Morgan fingerprint density at radius 2 is 1.67 bits per heavy atom. The van der Waals surface area contributed by atoms with Crippen molar-refractivity contribution in [3.8, 4) is 11.3 Å². The molecule has 4 rings (SSSR count). The number of benzene rings is 2. The summed E-state index contributed by atoms with van der Waals surface area (Å²) in [7, 11) is 0. The molecule has 2 heterocycles. The minimum absolute atomic E-state index is 0.176. The van der Waals surface area contributed by atoms with Crippen molar-refractivity contribution in [2.75, 3.05) is 10.6 Å². The Hall–Kier alpha value is -3.35. The average molecular weight is 437 g/mol. The summed E-state index contributed by atoms with van der Waals surface area (Å²) in [6.45, 7) is 1.92. The van der Waals surface area contributed by atoms with Gasteiger partial charge in [-0.15, -0.1) is 11.3 Å². The van der Waals surface area contributed by atoms with Crippen LogP contribution in [-0.2, 0) is 0 Å². The van der Waals surface area contributed by atoms with Crippen LogP contribution < -0.4 is 10.6 Å². The second-order valence-corrected chi connectivity index (χ2v) is 7.95. The first-order valence-corrected chi connectivity index (χ1v) is 10.4. The van der Waals surface area contributed by atoms with Gasteiger partial charge in [0.25, 0.3) is 11.8 Å². The highest BCUT2D eigenvalue weighted by molar-refractivity contribution is 7.12. The van der Waals surface area contributed by atoms with Crippen LogP contribution in [-0.4, -0.2) is 11.8 Å². The predicted octanol–water partition coefficient (Wildman–Crippen LogP) is 6.47. The van der Waals surface area contributed by atoms with E-state index < -0.39 is 0 Å². The van der Waals surface area contributed by atoms with Gasteiger partial charge in [0, 0.05) is 22.0 Å². The third kappa shape index (κ3) is 4.45. The number of hydrogen-bond acceptors (Lipinski definition) is 4. The van der Waals surface area contributed by atoms with Gasteiger partial charge in [-0.2, -0.15) is 0 Å². The number of aryl methyl sites for hydroxylation is 1. The Morgan fingerprint density at radius 3 is 2.37 bits per heavy atom. The third-order valence-corrected chi connectivity index (χ3v) is 5.69. The van der Waals surface area contributed by atoms with Crippen molar-refractivity contribution in [2.24, 2.45) is 0 Å². The lowest BCUT2D eigenvalue weighted by Gasteiger charge is -2.07. The molecule has 0 saturated heterocycles. The molecule has 0 aliphatic carbocycles. The molecule has 0 fully saturated rings. The molecule has 0 aliphatic rings. The van der Waals surface area contributed by atoms with Gasteiger partial charge >= 0.3 is 0 Å². The predicted molar refractivity (Wildman–Crippen MR) is 121 cm³/mol. The molecule has 2 aromatic carbocycles. The number of anilines is 2. The van der Waals surface area contributed by atoms with Crippen molar-refractivity contribution in [3.05, 3.63) is 93.3 Å². The Balaban J connectivity index is 1.46. The summed E-state index contributed by atoms with van der Waals surface area (Å²) >= 11 is 7.54. The van der Waals surface area contributed by atoms with Gasteiger partial charge in [-0.05, 0) is 60.3 Å². The van der Waals surface area contributed by atoms with Gasteiger partial charge in [0.1, 0.15) is 5.76 Å². The quantitative estimate of drug-likeness (QED) is 0.376. The van der Waals surface area contributed by atoms with Crippen LogP contribution in [0.2, 0.25) is 5.02 Å². The summed E-state index contributed by atoms with van der Waals surface area (Å²) in [4.78, 5) is 25.4. The molecule has 150 valence electrons. The molecule has 0 radical (unpaired) electrons. The number of hydrogen-bond donors (Lipinski definition) is 2. The number of amides is 2. The van der Waals surface area contributed by atoms with Gasteiger partial charge in [-0.25, -0.2) is 0 Å². The normalized spacial score (nSPS) is 10.6. The average Bonchev–Trinajstić information content (AvgIpc) is 3.43. The van der Waals surface area contributed by atoms with Crippen molar-refractivity contribution in [1.82, 2.24) is 0 Å². The fourth-order valence-electron chi connectivity index (χ4n) is 2.83. The number of rotatable bonds is 5. The fourth-order valence-corrected chi connectivity index (χ4v) is 3.63. The smallest absolute Gasteiger partial charge is 0.291 e. The number of nitrogens with one attached hydrogen (secondary N) is 2. The second-order valence-electron chi connectivity index (χ2n) is 6.59. The van der Waals surface area contributed by atoms with E-state index in [4.69, 9.17) is 16.0 Å². The zero-order valence-corrected chi connectivity index (χ0v) is 17.5. The summed E-state index contributed by atoms with van der Waals surface area (Å²) in [5.74, 6) is 0.149. The highest BCUT2D eigenvalue weighted by atomic mass is 35.5. The number of carbonyl (C=O) groups is 2. The molecule has 0 spiro atoms. The van der Waals surface area contributed by atoms with Crippen LogP contribution in [0, 0.1) is 6.92 Å². The van der Waals surface area contributed by atoms with E-state index >= 15 is 0 Å². The lowest BCUT2D eigenvalue weighted by Crippen LogP contribution is -2.12. The maximum Gasteiger partial charge on any atom is 0.291 e. The van der Waals surface area contributed by atoms with Crippen LogP contribution in [0.3, 0.4) is 0 Å². The van der Waals surface area contributed by atoms with Crippen molar-refractivity contribution in [1.29, 1.82) is 0 Å². The van der Waals surface area contributed by atoms with Crippen LogP contribution >= 0.6 is 22.9 Å². The van der Waals surface area contributed by atoms with Crippen molar-refractivity contribution in [2.45, 2.75) is 6.92 Å². The fraction of sp³-hybridized carbons (Fsp3) is 0.0435. The molecule has 0 aliphatic heterocycles. The topological polar surface area (TPSA) is 71.3 Å². The van der Waals surface area contributed by atoms with E-state index in [1.165, 1.54) is 11.3 Å². The van der Waals surface area contributed by atoms with Crippen LogP contribution in [0.15, 0.2) is 76.5 Å². The van der Waals surface area contributed by atoms with E-state index in [9.17, 15) is 9.59 Å². The highest BCUT2D eigenvalue weighted by Crippen LogP contribution is 2.27. The van der Waals surface area contributed by atoms with Crippen molar-refractivity contribution < 1.29 is 14.0 Å². The molecule has 0 bridgehead atoms. The number of halogens is 1. The van der Waals surface area contributed by atoms with Gasteiger partial charge in [0.15, 0.2) is 5.76 Å². The number of carbonyl (C=O) groups excluding carboxylic acids is 2. The van der Waals surface area contributed by atoms with Crippen LogP contribution in [0.1, 0.15) is 25.8 Å². The van der Waals surface area contributed by atoms with Gasteiger partial charge in [-0.3, -0.25) is 9.59 Å². The number of thiophene rings is 1. The Kier molecular flexibility index (Phi) is 5.70. The molecule has 0 saturated carbocycles. The largest absolute Gasteiger partial charge is 0.451 e. The van der Waals surface area contributed by atoms with Crippen LogP contribution in [0.5, 0.6) is 0 Å². The first-order chi connectivity index (χ1) is 14.5. The van der Waals surface area contributed by atoms with Gasteiger partial charge in [0.2, 0.25) is 0 Å². The lowest BCUT2D eigenvalue weighted by molar-refractivity contribution is 0.0996. The van der Waals surface area contributed by atoms with E-state index in [2.05, 4.69) is 10.6 Å². The highest BCUT2D eigenvalue weighted by Gasteiger charge is 2.14. The standard InChI is InChI=1S/C23H17ClN2O3S/c1-14-7-8-15(12-18(14)24)19-9-10-20(29-19)22(27)25-16-4-2-5-17(13-16)26-23(28)21-6-3-11-30-21/h2-13H,1H3,(H,25,27)(H,26,28). The van der Waals surface area contributed by atoms with E-state index in [1.54, 1.807) is 48.5 Å². The molecule has 0 unspecified atom stereocenters. The number of furan rings is 1. The molecule has 2 aromatic heterocycles. The van der Waals surface area contributed by atoms with Gasteiger partial charge < -0.3 is 15.1 Å². The SMILES string of the molecule is Cc1ccc(-c2ccc(C(=O)Nc3cccc(NC(=O)c4cccs4)c3)o2)cc1Cl. The minimum Gasteiger partial charge on any atom is -0.451 e. The molecule has 7 heteroatoms.